The van der Waals surface area contributed by atoms with E-state index in [1.54, 1.807) is 11.3 Å². The lowest BCUT2D eigenvalue weighted by Crippen LogP contribution is -2.35. The summed E-state index contributed by atoms with van der Waals surface area (Å²) in [4.78, 5) is 5.39. The molecular weight excluding hydrogens is 314 g/mol. The summed E-state index contributed by atoms with van der Waals surface area (Å²) in [5.74, 6) is 1.37. The molecule has 2 aromatic rings. The fourth-order valence-corrected chi connectivity index (χ4v) is 2.76. The Kier molecular flexibility index (Phi) is 3.63. The standard InChI is InChI=1S/C9H8BrN3OS.ClH/c10-5-3-7(15-4-5)8-12-9(14-13-8)6-1-2-11-6;/h3-4,6,11H,1-2H2;1H/t6-;/m1./s1. The predicted molar refractivity (Wildman–Crippen MR) is 67.9 cm³/mol. The highest BCUT2D eigenvalue weighted by molar-refractivity contribution is 9.10. The summed E-state index contributed by atoms with van der Waals surface area (Å²) in [6, 6.07) is 2.25. The summed E-state index contributed by atoms with van der Waals surface area (Å²) in [7, 11) is 0. The molecule has 0 bridgehead atoms. The molecule has 1 atom stereocenters. The zero-order valence-electron chi connectivity index (χ0n) is 8.14. The molecule has 1 N–H and O–H groups in total. The molecule has 0 radical (unpaired) electrons. The first-order chi connectivity index (χ1) is 7.33. The third-order valence-corrected chi connectivity index (χ3v) is 4.04. The molecule has 2 aromatic heterocycles. The maximum absolute atomic E-state index is 5.20. The third kappa shape index (κ3) is 2.15. The van der Waals surface area contributed by atoms with Gasteiger partial charge in [0, 0.05) is 9.85 Å². The zero-order chi connectivity index (χ0) is 10.3. The summed E-state index contributed by atoms with van der Waals surface area (Å²) >= 11 is 5.00. The summed E-state index contributed by atoms with van der Waals surface area (Å²) in [5.41, 5.74) is 0. The van der Waals surface area contributed by atoms with Gasteiger partial charge in [0.1, 0.15) is 0 Å². The lowest BCUT2D eigenvalue weighted by Gasteiger charge is -2.23. The minimum atomic E-state index is 0. The summed E-state index contributed by atoms with van der Waals surface area (Å²) in [6.07, 6.45) is 1.08. The Hall–Kier alpha value is -0.430. The van der Waals surface area contributed by atoms with Crippen LogP contribution < -0.4 is 5.32 Å². The quantitative estimate of drug-likeness (QED) is 0.923. The molecule has 0 saturated carbocycles. The molecule has 0 aliphatic carbocycles. The van der Waals surface area contributed by atoms with Crippen LogP contribution in [-0.4, -0.2) is 16.7 Å². The number of rotatable bonds is 2. The van der Waals surface area contributed by atoms with Crippen molar-refractivity contribution in [2.24, 2.45) is 0 Å². The Balaban J connectivity index is 0.000000963. The highest BCUT2D eigenvalue weighted by Gasteiger charge is 2.25. The molecule has 3 heterocycles. The average Bonchev–Trinajstić information content (AvgIpc) is 2.70. The largest absolute Gasteiger partial charge is 0.337 e. The first kappa shape index (κ1) is 12.0. The molecule has 3 rings (SSSR count). The topological polar surface area (TPSA) is 51.0 Å². The third-order valence-electron chi connectivity index (χ3n) is 2.35. The van der Waals surface area contributed by atoms with Gasteiger partial charge in [0.05, 0.1) is 10.9 Å². The molecule has 7 heteroatoms. The van der Waals surface area contributed by atoms with E-state index in [1.807, 2.05) is 11.4 Å². The van der Waals surface area contributed by atoms with Crippen LogP contribution in [0.5, 0.6) is 0 Å². The van der Waals surface area contributed by atoms with Crippen LogP contribution in [0.1, 0.15) is 18.4 Å². The van der Waals surface area contributed by atoms with Gasteiger partial charge in [0.25, 0.3) is 0 Å². The van der Waals surface area contributed by atoms with Gasteiger partial charge < -0.3 is 9.84 Å². The molecule has 1 aliphatic rings. The smallest absolute Gasteiger partial charge is 0.244 e. The molecule has 0 amide bonds. The Labute approximate surface area is 111 Å². The fourth-order valence-electron chi connectivity index (χ4n) is 1.41. The van der Waals surface area contributed by atoms with E-state index in [-0.39, 0.29) is 18.4 Å². The van der Waals surface area contributed by atoms with E-state index in [0.29, 0.717) is 11.7 Å². The van der Waals surface area contributed by atoms with E-state index in [2.05, 4.69) is 31.4 Å². The number of aromatic nitrogens is 2. The molecule has 1 aliphatic heterocycles. The van der Waals surface area contributed by atoms with Gasteiger partial charge in [0.2, 0.25) is 11.7 Å². The van der Waals surface area contributed by atoms with E-state index in [9.17, 15) is 0 Å². The van der Waals surface area contributed by atoms with Crippen molar-refractivity contribution in [3.63, 3.8) is 0 Å². The normalized spacial score (nSPS) is 18.9. The SMILES string of the molecule is Brc1csc(-c2noc([C@H]3CCN3)n2)c1.Cl. The summed E-state index contributed by atoms with van der Waals surface area (Å²) in [5, 5.41) is 9.20. The molecular formula is C9H9BrClN3OS. The molecule has 86 valence electrons. The number of hydrogen-bond acceptors (Lipinski definition) is 5. The predicted octanol–water partition coefficient (Wildman–Crippen LogP) is 3.02. The summed E-state index contributed by atoms with van der Waals surface area (Å²) < 4.78 is 6.25. The van der Waals surface area contributed by atoms with Crippen molar-refractivity contribution in [2.45, 2.75) is 12.5 Å². The molecule has 1 saturated heterocycles. The van der Waals surface area contributed by atoms with Crippen molar-refractivity contribution in [1.82, 2.24) is 15.5 Å². The van der Waals surface area contributed by atoms with Crippen molar-refractivity contribution in [2.75, 3.05) is 6.54 Å². The van der Waals surface area contributed by atoms with E-state index in [1.165, 1.54) is 0 Å². The van der Waals surface area contributed by atoms with E-state index >= 15 is 0 Å². The highest BCUT2D eigenvalue weighted by atomic mass is 79.9. The summed E-state index contributed by atoms with van der Waals surface area (Å²) in [6.45, 7) is 1.03. The van der Waals surface area contributed by atoms with Crippen molar-refractivity contribution in [3.8, 4) is 10.7 Å². The van der Waals surface area contributed by atoms with Crippen LogP contribution in [0.2, 0.25) is 0 Å². The average molecular weight is 323 g/mol. The van der Waals surface area contributed by atoms with Crippen molar-refractivity contribution in [1.29, 1.82) is 0 Å². The monoisotopic (exact) mass is 321 g/mol. The van der Waals surface area contributed by atoms with Crippen LogP contribution in [-0.2, 0) is 0 Å². The minimum absolute atomic E-state index is 0. The maximum Gasteiger partial charge on any atom is 0.244 e. The first-order valence-corrected chi connectivity index (χ1v) is 6.31. The first-order valence-electron chi connectivity index (χ1n) is 4.64. The molecule has 0 aromatic carbocycles. The van der Waals surface area contributed by atoms with Crippen molar-refractivity contribution < 1.29 is 4.52 Å². The van der Waals surface area contributed by atoms with E-state index < -0.39 is 0 Å². The Bertz CT molecular complexity index is 483. The molecule has 0 unspecified atom stereocenters. The number of nitrogens with one attached hydrogen (secondary N) is 1. The van der Waals surface area contributed by atoms with Gasteiger partial charge in [-0.3, -0.25) is 0 Å². The number of halogens is 2. The van der Waals surface area contributed by atoms with Gasteiger partial charge in [-0.1, -0.05) is 5.16 Å². The van der Waals surface area contributed by atoms with E-state index in [0.717, 1.165) is 22.3 Å². The van der Waals surface area contributed by atoms with Crippen molar-refractivity contribution in [3.05, 3.63) is 21.8 Å². The van der Waals surface area contributed by atoms with Gasteiger partial charge in [0.15, 0.2) is 0 Å². The minimum Gasteiger partial charge on any atom is -0.337 e. The van der Waals surface area contributed by atoms with Crippen LogP contribution in [0.3, 0.4) is 0 Å². The zero-order valence-corrected chi connectivity index (χ0v) is 11.4. The van der Waals surface area contributed by atoms with Gasteiger partial charge in [-0.15, -0.1) is 23.7 Å². The lowest BCUT2D eigenvalue weighted by molar-refractivity contribution is 0.273. The Morgan fingerprint density at radius 2 is 2.38 bits per heavy atom. The van der Waals surface area contributed by atoms with Gasteiger partial charge in [-0.2, -0.15) is 4.98 Å². The second-order valence-electron chi connectivity index (χ2n) is 3.38. The second kappa shape index (κ2) is 4.83. The molecule has 4 nitrogen and oxygen atoms in total. The van der Waals surface area contributed by atoms with Gasteiger partial charge >= 0.3 is 0 Å². The highest BCUT2D eigenvalue weighted by Crippen LogP contribution is 2.29. The molecule has 16 heavy (non-hydrogen) atoms. The number of thiophene rings is 1. The van der Waals surface area contributed by atoms with Crippen molar-refractivity contribution >= 4 is 39.7 Å². The van der Waals surface area contributed by atoms with Crippen LogP contribution >= 0.6 is 39.7 Å². The molecule has 1 fully saturated rings. The van der Waals surface area contributed by atoms with E-state index in [4.69, 9.17) is 4.52 Å². The number of hydrogen-bond donors (Lipinski definition) is 1. The van der Waals surface area contributed by atoms with Crippen LogP contribution in [0.4, 0.5) is 0 Å². The van der Waals surface area contributed by atoms with Crippen LogP contribution in [0.25, 0.3) is 10.7 Å². The lowest BCUT2D eigenvalue weighted by atomic mass is 10.1. The van der Waals surface area contributed by atoms with Gasteiger partial charge in [-0.05, 0) is 35.0 Å². The van der Waals surface area contributed by atoms with Crippen LogP contribution in [0, 0.1) is 0 Å². The fraction of sp³-hybridized carbons (Fsp3) is 0.333. The van der Waals surface area contributed by atoms with Crippen LogP contribution in [0.15, 0.2) is 20.4 Å². The Morgan fingerprint density at radius 3 is 2.94 bits per heavy atom. The van der Waals surface area contributed by atoms with Gasteiger partial charge in [-0.25, -0.2) is 0 Å². The second-order valence-corrected chi connectivity index (χ2v) is 5.21. The maximum atomic E-state index is 5.20. The number of nitrogens with zero attached hydrogens (tertiary/aromatic N) is 2. The molecule has 0 spiro atoms. The Morgan fingerprint density at radius 1 is 1.56 bits per heavy atom.